The summed E-state index contributed by atoms with van der Waals surface area (Å²) in [7, 11) is 0. The highest BCUT2D eigenvalue weighted by Gasteiger charge is 2.36. The maximum atomic E-state index is 11.8. The average molecular weight is 275 g/mol. The molecule has 0 radical (unpaired) electrons. The van der Waals surface area contributed by atoms with Crippen LogP contribution in [0.5, 0.6) is 0 Å². The first-order chi connectivity index (χ1) is 8.11. The van der Waals surface area contributed by atoms with Crippen molar-refractivity contribution in [2.24, 2.45) is 0 Å². The molecule has 2 atom stereocenters. The van der Waals surface area contributed by atoms with Gasteiger partial charge < -0.3 is 20.4 Å². The summed E-state index contributed by atoms with van der Waals surface area (Å²) in [6.45, 7) is 11.5. The van der Waals surface area contributed by atoms with E-state index in [2.05, 4.69) is 6.92 Å². The van der Waals surface area contributed by atoms with Crippen LogP contribution in [-0.4, -0.2) is 29.6 Å². The predicted molar refractivity (Wildman–Crippen MR) is 74.2 cm³/mol. The van der Waals surface area contributed by atoms with E-state index in [1.807, 2.05) is 34.6 Å². The molecule has 1 saturated heterocycles. The fourth-order valence-corrected chi connectivity index (χ4v) is 2.16. The first-order valence-corrected chi connectivity index (χ1v) is 6.69. The lowest BCUT2D eigenvalue weighted by Gasteiger charge is -2.40. The molecule has 0 amide bonds. The third-order valence-electron chi connectivity index (χ3n) is 2.70. The summed E-state index contributed by atoms with van der Waals surface area (Å²) in [4.78, 5) is 11.8. The van der Waals surface area contributed by atoms with Crippen molar-refractivity contribution in [1.82, 2.24) is 6.15 Å². The van der Waals surface area contributed by atoms with E-state index >= 15 is 0 Å². The molecule has 0 unspecified atom stereocenters. The zero-order valence-corrected chi connectivity index (χ0v) is 13.1. The second-order valence-corrected chi connectivity index (χ2v) is 6.31. The molecule has 19 heavy (non-hydrogen) atoms. The van der Waals surface area contributed by atoms with Crippen LogP contribution >= 0.6 is 0 Å². The quantitative estimate of drug-likeness (QED) is 0.800. The van der Waals surface area contributed by atoms with Gasteiger partial charge in [0.25, 0.3) is 0 Å². The molecule has 0 spiro atoms. The van der Waals surface area contributed by atoms with Gasteiger partial charge in [-0.3, -0.25) is 4.79 Å². The molecule has 0 bridgehead atoms. The minimum absolute atomic E-state index is 0. The van der Waals surface area contributed by atoms with Crippen molar-refractivity contribution < 1.29 is 19.0 Å². The SMILES string of the molecule is CC[C@@H]1C[C@H](CC(=O)OC(C)(C)C)OC(C)(C)O1.N. The Morgan fingerprint density at radius 1 is 1.26 bits per heavy atom. The number of rotatable bonds is 3. The van der Waals surface area contributed by atoms with Crippen molar-refractivity contribution in [3.8, 4) is 0 Å². The second-order valence-electron chi connectivity index (χ2n) is 6.31. The second kappa shape index (κ2) is 6.68. The van der Waals surface area contributed by atoms with E-state index in [4.69, 9.17) is 14.2 Å². The highest BCUT2D eigenvalue weighted by Crippen LogP contribution is 2.30. The van der Waals surface area contributed by atoms with Crippen LogP contribution in [-0.2, 0) is 19.0 Å². The average Bonchev–Trinajstić information content (AvgIpc) is 2.11. The van der Waals surface area contributed by atoms with Crippen LogP contribution < -0.4 is 6.15 Å². The molecule has 0 aromatic heterocycles. The Bertz CT molecular complexity index is 296. The highest BCUT2D eigenvalue weighted by atomic mass is 16.7. The van der Waals surface area contributed by atoms with Crippen molar-refractivity contribution >= 4 is 5.97 Å². The smallest absolute Gasteiger partial charge is 0.308 e. The fraction of sp³-hybridized carbons (Fsp3) is 0.929. The number of hydrogen-bond donors (Lipinski definition) is 1. The molecule has 0 aliphatic carbocycles. The lowest BCUT2D eigenvalue weighted by Crippen LogP contribution is -2.45. The topological polar surface area (TPSA) is 79.8 Å². The standard InChI is InChI=1S/C14H26O4.H3N/c1-7-10-8-11(17-14(5,6)16-10)9-12(15)18-13(2,3)4;/h10-11H,7-9H2,1-6H3;1H3/t10-,11-;/m1./s1. The number of hydrogen-bond acceptors (Lipinski definition) is 5. The highest BCUT2D eigenvalue weighted by molar-refractivity contribution is 5.70. The minimum Gasteiger partial charge on any atom is -0.460 e. The van der Waals surface area contributed by atoms with Gasteiger partial charge in [0.05, 0.1) is 18.6 Å². The van der Waals surface area contributed by atoms with Gasteiger partial charge in [-0.15, -0.1) is 0 Å². The van der Waals surface area contributed by atoms with Crippen molar-refractivity contribution in [1.29, 1.82) is 0 Å². The Kier molecular flexibility index (Phi) is 6.45. The van der Waals surface area contributed by atoms with Crippen molar-refractivity contribution in [3.05, 3.63) is 0 Å². The van der Waals surface area contributed by atoms with Crippen LogP contribution in [0.3, 0.4) is 0 Å². The summed E-state index contributed by atoms with van der Waals surface area (Å²) < 4.78 is 16.8. The first kappa shape index (κ1) is 18.4. The van der Waals surface area contributed by atoms with Gasteiger partial charge in [-0.05, 0) is 41.0 Å². The third kappa shape index (κ3) is 6.89. The Morgan fingerprint density at radius 3 is 2.26 bits per heavy atom. The molecule has 3 N–H and O–H groups in total. The molecule has 1 aliphatic rings. The van der Waals surface area contributed by atoms with Crippen molar-refractivity contribution in [2.45, 2.75) is 84.4 Å². The molecular weight excluding hydrogens is 246 g/mol. The molecule has 114 valence electrons. The largest absolute Gasteiger partial charge is 0.460 e. The van der Waals surface area contributed by atoms with E-state index in [0.717, 1.165) is 12.8 Å². The van der Waals surface area contributed by atoms with Gasteiger partial charge in [0.2, 0.25) is 0 Å². The van der Waals surface area contributed by atoms with E-state index in [1.54, 1.807) is 0 Å². The lowest BCUT2D eigenvalue weighted by atomic mass is 10.0. The molecule has 1 fully saturated rings. The van der Waals surface area contributed by atoms with Crippen LogP contribution in [0.1, 0.15) is 60.8 Å². The zero-order chi connectivity index (χ0) is 14.0. The fourth-order valence-electron chi connectivity index (χ4n) is 2.16. The lowest BCUT2D eigenvalue weighted by molar-refractivity contribution is -0.300. The maximum absolute atomic E-state index is 11.8. The van der Waals surface area contributed by atoms with Gasteiger partial charge in [0.1, 0.15) is 5.60 Å². The molecule has 5 nitrogen and oxygen atoms in total. The van der Waals surface area contributed by atoms with Crippen LogP contribution in [0.2, 0.25) is 0 Å². The van der Waals surface area contributed by atoms with Gasteiger partial charge in [0, 0.05) is 6.42 Å². The van der Waals surface area contributed by atoms with E-state index < -0.39 is 11.4 Å². The number of esters is 1. The Morgan fingerprint density at radius 2 is 1.79 bits per heavy atom. The van der Waals surface area contributed by atoms with Gasteiger partial charge in [-0.1, -0.05) is 6.92 Å². The van der Waals surface area contributed by atoms with Crippen LogP contribution in [0.25, 0.3) is 0 Å². The normalized spacial score (nSPS) is 26.4. The first-order valence-electron chi connectivity index (χ1n) is 6.69. The number of ether oxygens (including phenoxy) is 3. The van der Waals surface area contributed by atoms with Gasteiger partial charge in [-0.2, -0.15) is 0 Å². The Hall–Kier alpha value is -0.650. The molecule has 0 aromatic rings. The molecule has 1 rings (SSSR count). The summed E-state index contributed by atoms with van der Waals surface area (Å²) >= 11 is 0. The maximum Gasteiger partial charge on any atom is 0.308 e. The van der Waals surface area contributed by atoms with E-state index in [0.29, 0.717) is 6.42 Å². The van der Waals surface area contributed by atoms with Gasteiger partial charge in [-0.25, -0.2) is 0 Å². The summed E-state index contributed by atoms with van der Waals surface area (Å²) in [5.41, 5.74) is -0.443. The van der Waals surface area contributed by atoms with Gasteiger partial charge in [0.15, 0.2) is 5.79 Å². The molecule has 0 aromatic carbocycles. The minimum atomic E-state index is -0.619. The zero-order valence-electron chi connectivity index (χ0n) is 13.1. The van der Waals surface area contributed by atoms with Gasteiger partial charge >= 0.3 is 5.97 Å². The summed E-state index contributed by atoms with van der Waals surface area (Å²) in [5.74, 6) is -0.828. The molecular formula is C14H29NO4. The molecule has 1 heterocycles. The summed E-state index contributed by atoms with van der Waals surface area (Å²) in [5, 5.41) is 0. The van der Waals surface area contributed by atoms with Crippen LogP contribution in [0.4, 0.5) is 0 Å². The van der Waals surface area contributed by atoms with E-state index in [9.17, 15) is 4.79 Å². The van der Waals surface area contributed by atoms with E-state index in [1.165, 1.54) is 0 Å². The van der Waals surface area contributed by atoms with E-state index in [-0.39, 0.29) is 24.3 Å². The molecule has 1 aliphatic heterocycles. The molecule has 5 heteroatoms. The predicted octanol–water partition coefficient (Wildman–Crippen LogP) is 3.20. The van der Waals surface area contributed by atoms with Crippen LogP contribution in [0.15, 0.2) is 0 Å². The number of carbonyl (C=O) groups is 1. The molecule has 0 saturated carbocycles. The van der Waals surface area contributed by atoms with Crippen LogP contribution in [0, 0.1) is 0 Å². The Balaban J connectivity index is 0.00000324. The monoisotopic (exact) mass is 275 g/mol. The number of carbonyl (C=O) groups excluding carboxylic acids is 1. The summed E-state index contributed by atoms with van der Waals surface area (Å²) in [6.07, 6.45) is 2.01. The third-order valence-corrected chi connectivity index (χ3v) is 2.70. The summed E-state index contributed by atoms with van der Waals surface area (Å²) in [6, 6.07) is 0. The Labute approximate surface area is 116 Å². The van der Waals surface area contributed by atoms with Crippen molar-refractivity contribution in [2.75, 3.05) is 0 Å². The van der Waals surface area contributed by atoms with Crippen molar-refractivity contribution in [3.63, 3.8) is 0 Å².